The van der Waals surface area contributed by atoms with Gasteiger partial charge in [-0.15, -0.1) is 0 Å². The molecule has 1 rings (SSSR count). The fraction of sp³-hybridized carbons (Fsp3) is 0.429. The molecule has 0 atom stereocenters. The molecule has 0 amide bonds. The molecule has 0 bridgehead atoms. The van der Waals surface area contributed by atoms with Gasteiger partial charge in [-0.3, -0.25) is 0 Å². The maximum absolute atomic E-state index is 11.4. The highest BCUT2D eigenvalue weighted by Gasteiger charge is 2.13. The third-order valence-corrected chi connectivity index (χ3v) is 3.15. The number of carbonyl (C=O) groups excluding carboxylic acids is 1. The van der Waals surface area contributed by atoms with Crippen LogP contribution in [-0.2, 0) is 9.53 Å². The highest BCUT2D eigenvalue weighted by Crippen LogP contribution is 2.25. The molecule has 6 heteroatoms. The lowest BCUT2D eigenvalue weighted by molar-refractivity contribution is -0.135. The van der Waals surface area contributed by atoms with E-state index < -0.39 is 5.97 Å². The fourth-order valence-corrected chi connectivity index (χ4v) is 2.16. The summed E-state index contributed by atoms with van der Waals surface area (Å²) in [5.41, 5.74) is 1.15. The third kappa shape index (κ3) is 5.21. The first-order chi connectivity index (χ1) is 9.58. The maximum Gasteiger partial charge on any atom is 0.356 e. The Morgan fingerprint density at radius 3 is 2.80 bits per heavy atom. The lowest BCUT2D eigenvalue weighted by atomic mass is 10.2. The first kappa shape index (κ1) is 16.5. The van der Waals surface area contributed by atoms with E-state index in [9.17, 15) is 4.79 Å². The van der Waals surface area contributed by atoms with Crippen LogP contribution in [0.15, 0.2) is 27.8 Å². The number of halogens is 1. The number of oxime groups is 1. The summed E-state index contributed by atoms with van der Waals surface area (Å²) in [6, 6.07) is 5.81. The number of nitrogens with zero attached hydrogens (tertiary/aromatic N) is 1. The van der Waals surface area contributed by atoms with Crippen LogP contribution in [0.3, 0.4) is 0 Å². The van der Waals surface area contributed by atoms with Gasteiger partial charge in [-0.05, 0) is 53.9 Å². The third-order valence-electron chi connectivity index (χ3n) is 2.53. The van der Waals surface area contributed by atoms with E-state index in [1.165, 1.54) is 0 Å². The quantitative estimate of drug-likeness (QED) is 0.271. The average Bonchev–Trinajstić information content (AvgIpc) is 2.41. The van der Waals surface area contributed by atoms with E-state index >= 15 is 0 Å². The molecule has 0 saturated heterocycles. The average molecular weight is 344 g/mol. The molecule has 20 heavy (non-hydrogen) atoms. The van der Waals surface area contributed by atoms with E-state index in [0.717, 1.165) is 15.8 Å². The monoisotopic (exact) mass is 343 g/mol. The predicted octanol–water partition coefficient (Wildman–Crippen LogP) is 3.31. The Bertz CT molecular complexity index is 488. The van der Waals surface area contributed by atoms with E-state index in [1.807, 2.05) is 25.1 Å². The lowest BCUT2D eigenvalue weighted by Gasteiger charge is -2.09. The van der Waals surface area contributed by atoms with Gasteiger partial charge in [0.05, 0.1) is 17.7 Å². The summed E-state index contributed by atoms with van der Waals surface area (Å²) in [6.45, 7) is 4.37. The van der Waals surface area contributed by atoms with Crippen molar-refractivity contribution in [3.05, 3.63) is 28.2 Å². The van der Waals surface area contributed by atoms with Crippen LogP contribution in [0.2, 0.25) is 0 Å². The summed E-state index contributed by atoms with van der Waals surface area (Å²) in [7, 11) is 0. The topological polar surface area (TPSA) is 68.1 Å². The molecule has 0 aromatic heterocycles. The normalized spacial score (nSPS) is 11.2. The molecule has 0 unspecified atom stereocenters. The van der Waals surface area contributed by atoms with Crippen molar-refractivity contribution in [3.63, 3.8) is 0 Å². The smallest absolute Gasteiger partial charge is 0.356 e. The van der Waals surface area contributed by atoms with Gasteiger partial charge in [-0.2, -0.15) is 0 Å². The van der Waals surface area contributed by atoms with Gasteiger partial charge in [0.25, 0.3) is 0 Å². The van der Waals surface area contributed by atoms with Crippen LogP contribution in [0, 0.1) is 6.92 Å². The van der Waals surface area contributed by atoms with Gasteiger partial charge in [0.2, 0.25) is 0 Å². The number of carbonyl (C=O) groups is 1. The summed E-state index contributed by atoms with van der Waals surface area (Å²) in [5.74, 6) is 0.153. The second kappa shape index (κ2) is 8.58. The van der Waals surface area contributed by atoms with Crippen LogP contribution in [0.5, 0.6) is 5.75 Å². The van der Waals surface area contributed by atoms with E-state index in [-0.39, 0.29) is 12.3 Å². The number of aryl methyl sites for hydroxylation is 1. The van der Waals surface area contributed by atoms with Gasteiger partial charge in [-0.25, -0.2) is 4.79 Å². The van der Waals surface area contributed by atoms with Crippen LogP contribution >= 0.6 is 15.9 Å². The number of hydrogen-bond donors (Lipinski definition) is 1. The molecule has 1 aromatic rings. The summed E-state index contributed by atoms with van der Waals surface area (Å²) in [6.07, 6.45) is 0.858. The van der Waals surface area contributed by atoms with Crippen LogP contribution < -0.4 is 4.74 Å². The molecule has 0 radical (unpaired) electrons. The molecule has 0 aliphatic rings. The summed E-state index contributed by atoms with van der Waals surface area (Å²) in [4.78, 5) is 11.4. The summed E-state index contributed by atoms with van der Waals surface area (Å²) in [5, 5.41) is 11.7. The molecule has 1 aromatic carbocycles. The van der Waals surface area contributed by atoms with E-state index in [2.05, 4.69) is 21.1 Å². The largest absolute Gasteiger partial charge is 0.492 e. The molecule has 5 nitrogen and oxygen atoms in total. The van der Waals surface area contributed by atoms with Crippen molar-refractivity contribution in [2.24, 2.45) is 5.16 Å². The lowest BCUT2D eigenvalue weighted by Crippen LogP contribution is -2.18. The molecule has 0 fully saturated rings. The van der Waals surface area contributed by atoms with Crippen LogP contribution in [0.25, 0.3) is 0 Å². The molecule has 0 spiro atoms. The number of rotatable bonds is 7. The Balaban J connectivity index is 2.39. The molecular formula is C14H18BrNO4. The van der Waals surface area contributed by atoms with Crippen molar-refractivity contribution in [2.75, 3.05) is 13.2 Å². The van der Waals surface area contributed by atoms with Gasteiger partial charge in [0, 0.05) is 6.42 Å². The SMILES string of the molecule is CCOC(=O)C(CCCOc1ccc(C)cc1Br)=NO. The fourth-order valence-electron chi connectivity index (χ4n) is 1.55. The Labute approximate surface area is 126 Å². The molecule has 0 saturated carbocycles. The standard InChI is InChI=1S/C14H18BrNO4/c1-3-19-14(17)12(16-18)5-4-8-20-13-7-6-10(2)9-11(13)15/h6-7,9,18H,3-5,8H2,1-2H3. The number of ether oxygens (including phenoxy) is 2. The van der Waals surface area contributed by atoms with E-state index in [4.69, 9.17) is 14.7 Å². The zero-order valence-electron chi connectivity index (χ0n) is 11.6. The molecular weight excluding hydrogens is 326 g/mol. The van der Waals surface area contributed by atoms with E-state index in [0.29, 0.717) is 19.4 Å². The van der Waals surface area contributed by atoms with Gasteiger partial charge in [0.15, 0.2) is 5.71 Å². The Kier molecular flexibility index (Phi) is 7.08. The van der Waals surface area contributed by atoms with Crippen molar-refractivity contribution in [2.45, 2.75) is 26.7 Å². The minimum absolute atomic E-state index is 0.0124. The van der Waals surface area contributed by atoms with Crippen LogP contribution in [0.4, 0.5) is 0 Å². The van der Waals surface area contributed by atoms with Gasteiger partial charge in [-0.1, -0.05) is 11.2 Å². The minimum atomic E-state index is -0.591. The molecule has 0 heterocycles. The number of esters is 1. The van der Waals surface area contributed by atoms with Crippen molar-refractivity contribution in [1.82, 2.24) is 0 Å². The second-order valence-corrected chi connectivity index (χ2v) is 5.01. The highest BCUT2D eigenvalue weighted by molar-refractivity contribution is 9.10. The summed E-state index contributed by atoms with van der Waals surface area (Å²) >= 11 is 3.42. The molecule has 0 aliphatic heterocycles. The Hall–Kier alpha value is -1.56. The van der Waals surface area contributed by atoms with Crippen LogP contribution in [0.1, 0.15) is 25.3 Å². The molecule has 1 N–H and O–H groups in total. The Morgan fingerprint density at radius 2 is 2.20 bits per heavy atom. The predicted molar refractivity (Wildman–Crippen MR) is 79.5 cm³/mol. The van der Waals surface area contributed by atoms with Crippen molar-refractivity contribution < 1.29 is 19.5 Å². The summed E-state index contributed by atoms with van der Waals surface area (Å²) < 4.78 is 11.2. The Morgan fingerprint density at radius 1 is 1.45 bits per heavy atom. The first-order valence-corrected chi connectivity index (χ1v) is 7.14. The number of benzene rings is 1. The van der Waals surface area contributed by atoms with Crippen LogP contribution in [-0.4, -0.2) is 30.1 Å². The van der Waals surface area contributed by atoms with Gasteiger partial charge in [0.1, 0.15) is 5.75 Å². The highest BCUT2D eigenvalue weighted by atomic mass is 79.9. The number of hydrogen-bond acceptors (Lipinski definition) is 5. The van der Waals surface area contributed by atoms with Gasteiger partial charge >= 0.3 is 5.97 Å². The zero-order valence-corrected chi connectivity index (χ0v) is 13.1. The molecule has 110 valence electrons. The first-order valence-electron chi connectivity index (χ1n) is 6.35. The van der Waals surface area contributed by atoms with Crippen molar-refractivity contribution in [3.8, 4) is 5.75 Å². The molecule has 0 aliphatic carbocycles. The van der Waals surface area contributed by atoms with Crippen molar-refractivity contribution in [1.29, 1.82) is 0 Å². The zero-order chi connectivity index (χ0) is 15.0. The van der Waals surface area contributed by atoms with E-state index in [1.54, 1.807) is 6.92 Å². The minimum Gasteiger partial charge on any atom is -0.492 e. The van der Waals surface area contributed by atoms with Crippen molar-refractivity contribution >= 4 is 27.6 Å². The van der Waals surface area contributed by atoms with Gasteiger partial charge < -0.3 is 14.7 Å². The maximum atomic E-state index is 11.4. The second-order valence-electron chi connectivity index (χ2n) is 4.15.